The van der Waals surface area contributed by atoms with Crippen molar-refractivity contribution in [1.29, 1.82) is 0 Å². The number of carbonyl (C=O) groups excluding carboxylic acids is 1. The Morgan fingerprint density at radius 1 is 1.09 bits per heavy atom. The van der Waals surface area contributed by atoms with Crippen molar-refractivity contribution in [2.45, 2.75) is 50.9 Å². The summed E-state index contributed by atoms with van der Waals surface area (Å²) in [5, 5.41) is 3.02. The fourth-order valence-electron chi connectivity index (χ4n) is 5.41. The van der Waals surface area contributed by atoms with Crippen LogP contribution in [0.5, 0.6) is 0 Å². The predicted molar refractivity (Wildman–Crippen MR) is 140 cm³/mol. The Morgan fingerprint density at radius 3 is 2.56 bits per heavy atom. The van der Waals surface area contributed by atoms with Gasteiger partial charge in [-0.1, -0.05) is 31.4 Å². The van der Waals surface area contributed by atoms with Crippen LogP contribution in [0.4, 0.5) is 11.7 Å². The summed E-state index contributed by atoms with van der Waals surface area (Å²) in [4.78, 5) is 22.0. The summed E-state index contributed by atoms with van der Waals surface area (Å²) in [6.45, 7) is 3.25. The lowest BCUT2D eigenvalue weighted by Gasteiger charge is -2.31. The van der Waals surface area contributed by atoms with E-state index in [1.807, 2.05) is 37.4 Å². The second-order valence-electron chi connectivity index (χ2n) is 10.2. The molecule has 2 aliphatic rings. The van der Waals surface area contributed by atoms with Crippen molar-refractivity contribution in [3.05, 3.63) is 53.6 Å². The minimum atomic E-state index is -0.0994. The number of piperidine rings is 1. The summed E-state index contributed by atoms with van der Waals surface area (Å²) >= 11 is 0. The Labute approximate surface area is 203 Å². The van der Waals surface area contributed by atoms with E-state index < -0.39 is 0 Å². The van der Waals surface area contributed by atoms with Crippen molar-refractivity contribution in [3.63, 3.8) is 0 Å². The lowest BCUT2D eigenvalue weighted by atomic mass is 9.84. The largest absolute Gasteiger partial charge is 0.423 e. The number of anilines is 2. The van der Waals surface area contributed by atoms with Crippen LogP contribution in [0.2, 0.25) is 0 Å². The lowest BCUT2D eigenvalue weighted by Crippen LogP contribution is -2.35. The zero-order chi connectivity index (χ0) is 23.5. The number of nitrogens with one attached hydrogen (secondary N) is 1. The van der Waals surface area contributed by atoms with Crippen LogP contribution in [0.15, 0.2) is 46.9 Å². The number of rotatable bonds is 6. The van der Waals surface area contributed by atoms with Gasteiger partial charge in [0.05, 0.1) is 0 Å². The standard InChI is InChI=1S/C28H36N4O2.H2/c1-31-16-14-20(15-17-31)19-32(2)28-30-25-18-24(12-13-26(25)34-28)29-27(33)23-10-8-22(9-11-23)21-6-4-3-5-7-21;/h8-13,18,20-21H,3-7,14-17,19H2,1-2H3,(H,29,33);1H. The minimum Gasteiger partial charge on any atom is -0.423 e. The van der Waals surface area contributed by atoms with Gasteiger partial charge in [0.2, 0.25) is 0 Å². The maximum absolute atomic E-state index is 12.8. The first-order valence-corrected chi connectivity index (χ1v) is 12.8. The van der Waals surface area contributed by atoms with Crippen molar-refractivity contribution in [2.24, 2.45) is 5.92 Å². The Bertz CT molecular complexity index is 1120. The lowest BCUT2D eigenvalue weighted by molar-refractivity contribution is 0.102. The Morgan fingerprint density at radius 2 is 1.82 bits per heavy atom. The van der Waals surface area contributed by atoms with Crippen molar-refractivity contribution in [2.75, 3.05) is 43.9 Å². The number of hydrogen-bond acceptors (Lipinski definition) is 5. The molecule has 1 saturated carbocycles. The number of oxazole rings is 1. The monoisotopic (exact) mass is 462 g/mol. The van der Waals surface area contributed by atoms with Crippen LogP contribution in [0.3, 0.4) is 0 Å². The molecule has 3 aromatic rings. The maximum atomic E-state index is 12.8. The van der Waals surface area contributed by atoms with Crippen LogP contribution in [-0.4, -0.2) is 49.5 Å². The third kappa shape index (κ3) is 5.27. The van der Waals surface area contributed by atoms with Gasteiger partial charge in [-0.15, -0.1) is 0 Å². The summed E-state index contributed by atoms with van der Waals surface area (Å²) < 4.78 is 6.00. The molecule has 182 valence electrons. The van der Waals surface area contributed by atoms with Crippen LogP contribution >= 0.6 is 0 Å². The molecular formula is C28H38N4O2. The fraction of sp³-hybridized carbons (Fsp3) is 0.500. The van der Waals surface area contributed by atoms with Crippen molar-refractivity contribution in [3.8, 4) is 0 Å². The number of fused-ring (bicyclic) bond motifs is 1. The highest BCUT2D eigenvalue weighted by molar-refractivity contribution is 6.05. The fourth-order valence-corrected chi connectivity index (χ4v) is 5.41. The van der Waals surface area contributed by atoms with E-state index in [9.17, 15) is 4.79 Å². The summed E-state index contributed by atoms with van der Waals surface area (Å²) in [5.41, 5.74) is 4.26. The third-order valence-corrected chi connectivity index (χ3v) is 7.58. The molecule has 0 unspecified atom stereocenters. The van der Waals surface area contributed by atoms with Crippen LogP contribution < -0.4 is 10.2 Å². The quantitative estimate of drug-likeness (QED) is 0.476. The van der Waals surface area contributed by atoms with Gasteiger partial charge in [0, 0.05) is 26.3 Å². The highest BCUT2D eigenvalue weighted by Crippen LogP contribution is 2.32. The molecule has 0 bridgehead atoms. The molecular weight excluding hydrogens is 424 g/mol. The zero-order valence-corrected chi connectivity index (χ0v) is 20.4. The molecule has 1 aliphatic heterocycles. The molecule has 2 heterocycles. The van der Waals surface area contributed by atoms with Gasteiger partial charge in [-0.25, -0.2) is 0 Å². The molecule has 1 aliphatic carbocycles. The average molecular weight is 463 g/mol. The third-order valence-electron chi connectivity index (χ3n) is 7.58. The predicted octanol–water partition coefficient (Wildman–Crippen LogP) is 6.15. The number of carbonyl (C=O) groups is 1. The van der Waals surface area contributed by atoms with Gasteiger partial charge >= 0.3 is 0 Å². The summed E-state index contributed by atoms with van der Waals surface area (Å²) in [5.74, 6) is 1.21. The van der Waals surface area contributed by atoms with Gasteiger partial charge in [0.15, 0.2) is 5.58 Å². The molecule has 6 nitrogen and oxygen atoms in total. The second kappa shape index (κ2) is 10.2. The molecule has 0 atom stereocenters. The zero-order valence-electron chi connectivity index (χ0n) is 20.4. The minimum absolute atomic E-state index is 0. The first-order chi connectivity index (χ1) is 16.5. The van der Waals surface area contributed by atoms with Gasteiger partial charge < -0.3 is 19.5 Å². The number of amides is 1. The number of nitrogens with zero attached hydrogens (tertiary/aromatic N) is 3. The Balaban J connectivity index is 0.00000289. The van der Waals surface area contributed by atoms with Gasteiger partial charge in [0.25, 0.3) is 11.9 Å². The highest BCUT2D eigenvalue weighted by atomic mass is 16.4. The summed E-state index contributed by atoms with van der Waals surface area (Å²) in [6, 6.07) is 14.4. The topological polar surface area (TPSA) is 61.6 Å². The Hall–Kier alpha value is -2.86. The van der Waals surface area contributed by atoms with E-state index in [0.717, 1.165) is 36.4 Å². The summed E-state index contributed by atoms with van der Waals surface area (Å²) in [6.07, 6.45) is 8.91. The van der Waals surface area contributed by atoms with Gasteiger partial charge in [0.1, 0.15) is 5.52 Å². The van der Waals surface area contributed by atoms with Crippen LogP contribution in [0, 0.1) is 5.92 Å². The Kier molecular flexibility index (Phi) is 6.86. The molecule has 34 heavy (non-hydrogen) atoms. The molecule has 0 spiro atoms. The molecule has 5 rings (SSSR count). The number of hydrogen-bond donors (Lipinski definition) is 1. The normalized spacial score (nSPS) is 18.3. The first-order valence-electron chi connectivity index (χ1n) is 12.8. The van der Waals surface area contributed by atoms with Gasteiger partial charge in [-0.05, 0) is 93.6 Å². The average Bonchev–Trinajstić information content (AvgIpc) is 3.30. The van der Waals surface area contributed by atoms with E-state index in [4.69, 9.17) is 9.40 Å². The highest BCUT2D eigenvalue weighted by Gasteiger charge is 2.21. The SMILES string of the molecule is CN1CCC(CN(C)c2nc3cc(NC(=O)c4ccc(C5CCCCC5)cc4)ccc3o2)CC1.[HH]. The van der Waals surface area contributed by atoms with E-state index in [1.54, 1.807) is 0 Å². The molecule has 1 saturated heterocycles. The van der Waals surface area contributed by atoms with Gasteiger partial charge in [-0.2, -0.15) is 4.98 Å². The van der Waals surface area contributed by atoms with E-state index in [0.29, 0.717) is 23.4 Å². The molecule has 2 aromatic carbocycles. The van der Waals surface area contributed by atoms with Crippen molar-refractivity contribution < 1.29 is 10.6 Å². The molecule has 6 heteroatoms. The summed E-state index contributed by atoms with van der Waals surface area (Å²) in [7, 11) is 4.23. The van der Waals surface area contributed by atoms with Crippen LogP contribution in [0.1, 0.15) is 68.2 Å². The molecule has 2 fully saturated rings. The smallest absolute Gasteiger partial charge is 0.298 e. The van der Waals surface area contributed by atoms with E-state index >= 15 is 0 Å². The van der Waals surface area contributed by atoms with Crippen LogP contribution in [-0.2, 0) is 0 Å². The second-order valence-corrected chi connectivity index (χ2v) is 10.2. The van der Waals surface area contributed by atoms with Gasteiger partial charge in [-0.3, -0.25) is 4.79 Å². The van der Waals surface area contributed by atoms with Crippen molar-refractivity contribution in [1.82, 2.24) is 9.88 Å². The molecule has 1 aromatic heterocycles. The number of aromatic nitrogens is 1. The van der Waals surface area contributed by atoms with E-state index in [2.05, 4.69) is 34.3 Å². The molecule has 1 amide bonds. The van der Waals surface area contributed by atoms with E-state index in [1.165, 1.54) is 50.5 Å². The maximum Gasteiger partial charge on any atom is 0.298 e. The number of benzene rings is 2. The van der Waals surface area contributed by atoms with Crippen LogP contribution in [0.25, 0.3) is 11.1 Å². The first kappa shape index (κ1) is 22.9. The molecule has 0 radical (unpaired) electrons. The number of likely N-dealkylation sites (tertiary alicyclic amines) is 1. The van der Waals surface area contributed by atoms with E-state index in [-0.39, 0.29) is 7.33 Å². The molecule has 1 N–H and O–H groups in total. The van der Waals surface area contributed by atoms with Crippen molar-refractivity contribution >= 4 is 28.7 Å².